The summed E-state index contributed by atoms with van der Waals surface area (Å²) in [6, 6.07) is 8.86. The lowest BCUT2D eigenvalue weighted by Gasteiger charge is -1.97. The summed E-state index contributed by atoms with van der Waals surface area (Å²) in [5, 5.41) is 8.64. The van der Waals surface area contributed by atoms with Gasteiger partial charge in [0.15, 0.2) is 0 Å². The molecule has 1 rings (SSSR count). The van der Waals surface area contributed by atoms with Crippen molar-refractivity contribution in [1.82, 2.24) is 0 Å². The van der Waals surface area contributed by atoms with Gasteiger partial charge in [0, 0.05) is 11.6 Å². The maximum absolute atomic E-state index is 10.3. The highest BCUT2D eigenvalue weighted by molar-refractivity contribution is 7.88. The summed E-state index contributed by atoms with van der Waals surface area (Å²) in [6.07, 6.45) is 4.48. The van der Waals surface area contributed by atoms with Crippen LogP contribution in [0.1, 0.15) is 32.3 Å². The monoisotopic (exact) mass is 398 g/mol. The fourth-order valence-corrected chi connectivity index (χ4v) is 1.43. The van der Waals surface area contributed by atoms with Crippen molar-refractivity contribution >= 4 is 28.1 Å². The van der Waals surface area contributed by atoms with E-state index < -0.39 is 16.1 Å². The number of rotatable bonds is 7. The number of ether oxygens (including phenoxy) is 1. The van der Waals surface area contributed by atoms with Gasteiger partial charge < -0.3 is 9.84 Å². The largest absolute Gasteiger partial charge is 0.478 e. The molecule has 150 valence electrons. The standard InChI is InChI=1S/C8H8O3S.C7H12O2.C4H6O2/c9-12(10,11)7-6-8-4-2-1-3-5-8;1-3-5-6-9-7(8)4-2;1-3(2)4(5)6/h1-7H,(H,9,10,11);4H,2-3,5-6H2,1H3;1H2,2H3,(H,5,6). The predicted octanol–water partition coefficient (Wildman–Crippen LogP) is 3.71. The number of carbonyl (C=O) groups excluding carboxylic acids is 1. The molecule has 0 unspecified atom stereocenters. The summed E-state index contributed by atoms with van der Waals surface area (Å²) < 4.78 is 33.6. The summed E-state index contributed by atoms with van der Waals surface area (Å²) in [4.78, 5) is 19.9. The van der Waals surface area contributed by atoms with E-state index >= 15 is 0 Å². The first-order valence-corrected chi connectivity index (χ1v) is 9.42. The highest BCUT2D eigenvalue weighted by atomic mass is 32.2. The molecule has 1 aromatic rings. The first kappa shape index (κ1) is 26.5. The number of carbonyl (C=O) groups is 2. The summed E-state index contributed by atoms with van der Waals surface area (Å²) in [6.45, 7) is 10.4. The minimum absolute atomic E-state index is 0.176. The van der Waals surface area contributed by atoms with Crippen LogP contribution in [0.2, 0.25) is 0 Å². The molecular formula is C19H26O7S. The average Bonchev–Trinajstić information content (AvgIpc) is 2.61. The Morgan fingerprint density at radius 1 is 1.22 bits per heavy atom. The topological polar surface area (TPSA) is 118 Å². The third kappa shape index (κ3) is 21.2. The molecule has 0 bridgehead atoms. The maximum atomic E-state index is 10.3. The Kier molecular flexibility index (Phi) is 15.3. The number of benzene rings is 1. The molecule has 0 amide bonds. The van der Waals surface area contributed by atoms with E-state index in [-0.39, 0.29) is 11.5 Å². The van der Waals surface area contributed by atoms with Crippen LogP contribution in [0.5, 0.6) is 0 Å². The van der Waals surface area contributed by atoms with Gasteiger partial charge in [-0.3, -0.25) is 4.55 Å². The lowest BCUT2D eigenvalue weighted by Crippen LogP contribution is -2.00. The van der Waals surface area contributed by atoms with Crippen molar-refractivity contribution in [3.8, 4) is 0 Å². The van der Waals surface area contributed by atoms with Crippen molar-refractivity contribution in [2.45, 2.75) is 26.7 Å². The molecule has 0 fully saturated rings. The van der Waals surface area contributed by atoms with Gasteiger partial charge in [-0.1, -0.05) is 56.8 Å². The van der Waals surface area contributed by atoms with E-state index in [2.05, 4.69) is 17.9 Å². The van der Waals surface area contributed by atoms with Gasteiger partial charge in [-0.2, -0.15) is 8.42 Å². The zero-order chi connectivity index (χ0) is 21.3. The van der Waals surface area contributed by atoms with Gasteiger partial charge >= 0.3 is 11.9 Å². The van der Waals surface area contributed by atoms with Crippen LogP contribution in [0.4, 0.5) is 0 Å². The van der Waals surface area contributed by atoms with Crippen LogP contribution in [0.25, 0.3) is 6.08 Å². The van der Waals surface area contributed by atoms with Gasteiger partial charge in [-0.15, -0.1) is 0 Å². The number of carboxylic acid groups (broad SMARTS) is 1. The van der Waals surface area contributed by atoms with E-state index in [1.165, 1.54) is 19.1 Å². The molecule has 0 aliphatic heterocycles. The highest BCUT2D eigenvalue weighted by Crippen LogP contribution is 2.01. The van der Waals surface area contributed by atoms with Crippen molar-refractivity contribution in [2.75, 3.05) is 6.61 Å². The minimum atomic E-state index is -4.00. The summed E-state index contributed by atoms with van der Waals surface area (Å²) in [5.74, 6) is -1.27. The summed E-state index contributed by atoms with van der Waals surface area (Å²) in [5.41, 5.74) is 0.908. The fourth-order valence-electron chi connectivity index (χ4n) is 1.10. The van der Waals surface area contributed by atoms with Crippen LogP contribution in [-0.4, -0.2) is 36.6 Å². The predicted molar refractivity (Wildman–Crippen MR) is 106 cm³/mol. The lowest BCUT2D eigenvalue weighted by atomic mass is 10.2. The average molecular weight is 398 g/mol. The Labute approximate surface area is 160 Å². The third-order valence-electron chi connectivity index (χ3n) is 2.51. The summed E-state index contributed by atoms with van der Waals surface area (Å²) >= 11 is 0. The molecule has 0 spiro atoms. The molecular weight excluding hydrogens is 372 g/mol. The zero-order valence-corrected chi connectivity index (χ0v) is 16.3. The fraction of sp³-hybridized carbons (Fsp3) is 0.263. The Balaban J connectivity index is 0. The first-order chi connectivity index (χ1) is 12.5. The third-order valence-corrected chi connectivity index (χ3v) is 2.99. The molecule has 2 N–H and O–H groups in total. The van der Waals surface area contributed by atoms with Gasteiger partial charge in [0.1, 0.15) is 0 Å². The smallest absolute Gasteiger partial charge is 0.330 e. The second-order valence-electron chi connectivity index (χ2n) is 5.04. The van der Waals surface area contributed by atoms with E-state index in [0.717, 1.165) is 23.8 Å². The van der Waals surface area contributed by atoms with Crippen LogP contribution < -0.4 is 0 Å². The molecule has 0 atom stereocenters. The highest BCUT2D eigenvalue weighted by Gasteiger charge is 1.94. The number of unbranched alkanes of at least 4 members (excludes halogenated alkanes) is 1. The van der Waals surface area contributed by atoms with Crippen molar-refractivity contribution in [3.05, 3.63) is 66.1 Å². The second-order valence-corrected chi connectivity index (χ2v) is 6.34. The number of hydrogen-bond donors (Lipinski definition) is 2. The van der Waals surface area contributed by atoms with Gasteiger partial charge in [-0.25, -0.2) is 9.59 Å². The van der Waals surface area contributed by atoms with E-state index in [1.807, 2.05) is 13.0 Å². The Morgan fingerprint density at radius 2 is 1.74 bits per heavy atom. The molecule has 0 radical (unpaired) electrons. The molecule has 0 heterocycles. The van der Waals surface area contributed by atoms with Crippen LogP contribution in [0.3, 0.4) is 0 Å². The Bertz CT molecular complexity index is 708. The molecule has 27 heavy (non-hydrogen) atoms. The van der Waals surface area contributed by atoms with E-state index in [1.54, 1.807) is 24.3 Å². The normalized spacial score (nSPS) is 9.89. The van der Waals surface area contributed by atoms with Crippen molar-refractivity contribution < 1.29 is 32.4 Å². The Hall–Kier alpha value is -2.71. The van der Waals surface area contributed by atoms with Crippen LogP contribution in [-0.2, 0) is 24.4 Å². The van der Waals surface area contributed by atoms with E-state index in [4.69, 9.17) is 9.66 Å². The maximum Gasteiger partial charge on any atom is 0.330 e. The molecule has 0 aromatic heterocycles. The SMILES string of the molecule is C=C(C)C(=O)O.C=CC(=O)OCCCC.O=S(=O)(O)C=Cc1ccccc1. The van der Waals surface area contributed by atoms with E-state index in [9.17, 15) is 18.0 Å². The minimum Gasteiger partial charge on any atom is -0.478 e. The van der Waals surface area contributed by atoms with Crippen molar-refractivity contribution in [1.29, 1.82) is 0 Å². The van der Waals surface area contributed by atoms with Crippen molar-refractivity contribution in [3.63, 3.8) is 0 Å². The Morgan fingerprint density at radius 3 is 2.11 bits per heavy atom. The number of carboxylic acids is 1. The van der Waals surface area contributed by atoms with Crippen LogP contribution in [0, 0.1) is 0 Å². The quantitative estimate of drug-likeness (QED) is 0.311. The van der Waals surface area contributed by atoms with Gasteiger partial charge in [0.05, 0.1) is 12.0 Å². The number of aliphatic carboxylic acids is 1. The molecule has 7 nitrogen and oxygen atoms in total. The molecule has 8 heteroatoms. The van der Waals surface area contributed by atoms with Crippen molar-refractivity contribution in [2.24, 2.45) is 0 Å². The lowest BCUT2D eigenvalue weighted by molar-refractivity contribution is -0.138. The van der Waals surface area contributed by atoms with Gasteiger partial charge in [0.25, 0.3) is 10.1 Å². The van der Waals surface area contributed by atoms with Gasteiger partial charge in [-0.05, 0) is 25.0 Å². The van der Waals surface area contributed by atoms with Crippen LogP contribution in [0.15, 0.2) is 60.5 Å². The first-order valence-electron chi connectivity index (χ1n) is 7.92. The molecule has 0 aliphatic carbocycles. The number of hydrogen-bond acceptors (Lipinski definition) is 5. The molecule has 1 aromatic carbocycles. The molecule has 0 saturated carbocycles. The molecule has 0 aliphatic rings. The van der Waals surface area contributed by atoms with Gasteiger partial charge in [0.2, 0.25) is 0 Å². The molecule has 0 saturated heterocycles. The summed E-state index contributed by atoms with van der Waals surface area (Å²) in [7, 11) is -4.00. The second kappa shape index (κ2) is 15.5. The van der Waals surface area contributed by atoms with E-state index in [0.29, 0.717) is 6.61 Å². The zero-order valence-electron chi connectivity index (χ0n) is 15.5. The number of esters is 1. The van der Waals surface area contributed by atoms with Crippen LogP contribution >= 0.6 is 0 Å².